The number of rotatable bonds is 5. The number of phenolic OH excluding ortho intramolecular Hbond substituents is 1. The number of piperidine rings is 1. The number of phenols is 1. The highest BCUT2D eigenvalue weighted by molar-refractivity contribution is 5.80. The van der Waals surface area contributed by atoms with Crippen molar-refractivity contribution >= 4 is 11.5 Å². The highest BCUT2D eigenvalue weighted by Crippen LogP contribution is 2.36. The van der Waals surface area contributed by atoms with Gasteiger partial charge in [0.05, 0.1) is 17.7 Å². The van der Waals surface area contributed by atoms with Gasteiger partial charge in [-0.25, -0.2) is 14.4 Å². The van der Waals surface area contributed by atoms with Crippen LogP contribution in [0.5, 0.6) is 5.75 Å². The molecule has 32 heavy (non-hydrogen) atoms. The number of benzene rings is 2. The van der Waals surface area contributed by atoms with E-state index in [0.717, 1.165) is 54.1 Å². The van der Waals surface area contributed by atoms with Crippen molar-refractivity contribution in [1.29, 1.82) is 0 Å². The van der Waals surface area contributed by atoms with Crippen LogP contribution in [0.4, 0.5) is 15.9 Å². The van der Waals surface area contributed by atoms with E-state index in [0.29, 0.717) is 11.9 Å². The number of hydrogen-bond donors (Lipinski definition) is 3. The van der Waals surface area contributed by atoms with Gasteiger partial charge >= 0.3 is 0 Å². The first-order chi connectivity index (χ1) is 15.7. The van der Waals surface area contributed by atoms with Gasteiger partial charge in [0.25, 0.3) is 0 Å². The number of nitrogens with one attached hydrogen (secondary N) is 2. The predicted octanol–water partition coefficient (Wildman–Crippen LogP) is 5.12. The molecule has 2 aromatic heterocycles. The molecule has 3 heterocycles. The largest absolute Gasteiger partial charge is 0.508 e. The van der Waals surface area contributed by atoms with Crippen LogP contribution in [0.2, 0.25) is 0 Å². The van der Waals surface area contributed by atoms with E-state index in [1.807, 2.05) is 24.5 Å². The Labute approximate surface area is 185 Å². The standard InChI is InChI=1S/C25H24FN5O/c26-19-6-4-17(5-7-19)24-25(31(16-29-24)21-9-11-27-12-10-21)18-8-13-28-23(14-18)30-20-2-1-3-22(32)15-20/h1-8,13-16,21,27,32H,9-12H2,(H,28,30). The van der Waals surface area contributed by atoms with Gasteiger partial charge in [-0.15, -0.1) is 0 Å². The summed E-state index contributed by atoms with van der Waals surface area (Å²) in [6.45, 7) is 1.93. The minimum atomic E-state index is -0.269. The molecule has 0 amide bonds. The maximum atomic E-state index is 13.5. The zero-order valence-electron chi connectivity index (χ0n) is 17.5. The van der Waals surface area contributed by atoms with Gasteiger partial charge in [0, 0.05) is 35.1 Å². The van der Waals surface area contributed by atoms with Crippen LogP contribution < -0.4 is 10.6 Å². The van der Waals surface area contributed by atoms with E-state index in [2.05, 4.69) is 20.2 Å². The second kappa shape index (κ2) is 8.80. The fourth-order valence-corrected chi connectivity index (χ4v) is 4.21. The number of nitrogens with zero attached hydrogens (tertiary/aromatic N) is 3. The number of pyridine rings is 1. The van der Waals surface area contributed by atoms with Gasteiger partial charge in [-0.3, -0.25) is 0 Å². The summed E-state index contributed by atoms with van der Waals surface area (Å²) in [5.41, 5.74) is 4.40. The third-order valence-electron chi connectivity index (χ3n) is 5.77. The predicted molar refractivity (Wildman–Crippen MR) is 123 cm³/mol. The Morgan fingerprint density at radius 2 is 1.78 bits per heavy atom. The number of imidazole rings is 1. The van der Waals surface area contributed by atoms with Crippen LogP contribution in [0.15, 0.2) is 73.2 Å². The summed E-state index contributed by atoms with van der Waals surface area (Å²) in [7, 11) is 0. The van der Waals surface area contributed by atoms with Crippen molar-refractivity contribution in [2.45, 2.75) is 18.9 Å². The minimum absolute atomic E-state index is 0.189. The van der Waals surface area contributed by atoms with Crippen LogP contribution >= 0.6 is 0 Å². The molecule has 1 fully saturated rings. The summed E-state index contributed by atoms with van der Waals surface area (Å²) in [6, 6.07) is 17.7. The Bertz CT molecular complexity index is 1220. The molecule has 5 rings (SSSR count). The third-order valence-corrected chi connectivity index (χ3v) is 5.77. The first-order valence-electron chi connectivity index (χ1n) is 10.7. The van der Waals surface area contributed by atoms with Crippen LogP contribution in [-0.2, 0) is 0 Å². The lowest BCUT2D eigenvalue weighted by Gasteiger charge is -2.26. The van der Waals surface area contributed by atoms with Crippen molar-refractivity contribution in [3.63, 3.8) is 0 Å². The molecule has 1 aliphatic rings. The average molecular weight is 429 g/mol. The Kier molecular flexibility index (Phi) is 5.56. The zero-order chi connectivity index (χ0) is 21.9. The molecule has 1 saturated heterocycles. The number of aromatic nitrogens is 3. The van der Waals surface area contributed by atoms with E-state index in [1.54, 1.807) is 36.5 Å². The van der Waals surface area contributed by atoms with E-state index in [9.17, 15) is 9.50 Å². The zero-order valence-corrected chi connectivity index (χ0v) is 17.5. The van der Waals surface area contributed by atoms with Crippen LogP contribution in [-0.4, -0.2) is 32.7 Å². The fourth-order valence-electron chi connectivity index (χ4n) is 4.21. The van der Waals surface area contributed by atoms with Gasteiger partial charge in [-0.2, -0.15) is 0 Å². The second-order valence-corrected chi connectivity index (χ2v) is 7.94. The lowest BCUT2D eigenvalue weighted by molar-refractivity contribution is 0.370. The quantitative estimate of drug-likeness (QED) is 0.410. The Morgan fingerprint density at radius 3 is 2.56 bits per heavy atom. The third kappa shape index (κ3) is 4.20. The Balaban J connectivity index is 1.57. The molecule has 1 aliphatic heterocycles. The summed E-state index contributed by atoms with van der Waals surface area (Å²) in [4.78, 5) is 9.19. The Hall–Kier alpha value is -3.71. The molecular weight excluding hydrogens is 405 g/mol. The maximum absolute atomic E-state index is 13.5. The lowest BCUT2D eigenvalue weighted by Crippen LogP contribution is -2.29. The second-order valence-electron chi connectivity index (χ2n) is 7.94. The highest BCUT2D eigenvalue weighted by Gasteiger charge is 2.22. The molecule has 2 aromatic carbocycles. The van der Waals surface area contributed by atoms with Crippen LogP contribution in [0.1, 0.15) is 18.9 Å². The van der Waals surface area contributed by atoms with E-state index < -0.39 is 0 Å². The Morgan fingerprint density at radius 1 is 0.969 bits per heavy atom. The first-order valence-corrected chi connectivity index (χ1v) is 10.7. The van der Waals surface area contributed by atoms with Crippen molar-refractivity contribution in [1.82, 2.24) is 19.9 Å². The topological polar surface area (TPSA) is 75.0 Å². The fraction of sp³-hybridized carbons (Fsp3) is 0.200. The van der Waals surface area contributed by atoms with Crippen molar-refractivity contribution < 1.29 is 9.50 Å². The first kappa shape index (κ1) is 20.2. The van der Waals surface area contributed by atoms with E-state index >= 15 is 0 Å². The highest BCUT2D eigenvalue weighted by atomic mass is 19.1. The molecule has 0 saturated carbocycles. The summed E-state index contributed by atoms with van der Waals surface area (Å²) >= 11 is 0. The molecule has 0 spiro atoms. The van der Waals surface area contributed by atoms with Gasteiger partial charge in [0.2, 0.25) is 0 Å². The monoisotopic (exact) mass is 429 g/mol. The van der Waals surface area contributed by atoms with Crippen LogP contribution in [0.3, 0.4) is 0 Å². The molecule has 3 N–H and O–H groups in total. The van der Waals surface area contributed by atoms with E-state index in [-0.39, 0.29) is 11.6 Å². The van der Waals surface area contributed by atoms with Gasteiger partial charge in [-0.1, -0.05) is 6.07 Å². The SMILES string of the molecule is Oc1cccc(Nc2cc(-c3c(-c4ccc(F)cc4)ncn3C3CCNCC3)ccn2)c1. The van der Waals surface area contributed by atoms with Gasteiger partial charge in [0.1, 0.15) is 17.4 Å². The number of aromatic hydroxyl groups is 1. The van der Waals surface area contributed by atoms with Crippen molar-refractivity contribution in [3.05, 3.63) is 79.0 Å². The summed E-state index contributed by atoms with van der Waals surface area (Å²) in [6.07, 6.45) is 5.69. The molecule has 162 valence electrons. The number of anilines is 2. The number of halogens is 1. The van der Waals surface area contributed by atoms with Gasteiger partial charge in [-0.05, 0) is 74.5 Å². The van der Waals surface area contributed by atoms with Crippen molar-refractivity contribution in [2.24, 2.45) is 0 Å². The maximum Gasteiger partial charge on any atom is 0.130 e. The lowest BCUT2D eigenvalue weighted by atomic mass is 10.0. The van der Waals surface area contributed by atoms with Gasteiger partial charge in [0.15, 0.2) is 0 Å². The van der Waals surface area contributed by atoms with E-state index in [4.69, 9.17) is 4.98 Å². The molecule has 0 radical (unpaired) electrons. The molecule has 7 heteroatoms. The summed E-state index contributed by atoms with van der Waals surface area (Å²) in [5, 5.41) is 16.4. The van der Waals surface area contributed by atoms with Crippen LogP contribution in [0, 0.1) is 5.82 Å². The molecule has 0 bridgehead atoms. The molecule has 4 aromatic rings. The van der Waals surface area contributed by atoms with Crippen LogP contribution in [0.25, 0.3) is 22.5 Å². The van der Waals surface area contributed by atoms with E-state index in [1.165, 1.54) is 12.1 Å². The van der Waals surface area contributed by atoms with Crippen molar-refractivity contribution in [2.75, 3.05) is 18.4 Å². The van der Waals surface area contributed by atoms with Gasteiger partial charge < -0.3 is 20.3 Å². The minimum Gasteiger partial charge on any atom is -0.508 e. The smallest absolute Gasteiger partial charge is 0.130 e. The molecule has 0 atom stereocenters. The summed E-state index contributed by atoms with van der Waals surface area (Å²) in [5.74, 6) is 0.583. The molecule has 0 unspecified atom stereocenters. The normalized spacial score (nSPS) is 14.4. The van der Waals surface area contributed by atoms with Crippen molar-refractivity contribution in [3.8, 4) is 28.3 Å². The summed E-state index contributed by atoms with van der Waals surface area (Å²) < 4.78 is 15.8. The molecule has 0 aliphatic carbocycles. The average Bonchev–Trinajstić information content (AvgIpc) is 3.26. The molecular formula is C25H24FN5O. The number of hydrogen-bond acceptors (Lipinski definition) is 5. The molecule has 6 nitrogen and oxygen atoms in total.